The maximum Gasteiger partial charge on any atom is 0.238 e. The molecular formula is C25H32N4O2. The number of carbonyl (C=O) groups excluding carboxylic acids is 2. The van der Waals surface area contributed by atoms with Gasteiger partial charge in [0.1, 0.15) is 5.41 Å². The number of nitrogens with zero attached hydrogens (tertiary/aromatic N) is 3. The van der Waals surface area contributed by atoms with Gasteiger partial charge < -0.3 is 10.6 Å². The van der Waals surface area contributed by atoms with E-state index in [9.17, 15) is 9.59 Å². The average Bonchev–Trinajstić information content (AvgIpc) is 3.59. The molecule has 2 amide bonds. The van der Waals surface area contributed by atoms with Crippen molar-refractivity contribution in [1.82, 2.24) is 14.8 Å². The van der Waals surface area contributed by atoms with Crippen LogP contribution in [0.5, 0.6) is 0 Å². The summed E-state index contributed by atoms with van der Waals surface area (Å²) in [5.41, 5.74) is 8.31. The molecule has 4 rings (SSSR count). The second kappa shape index (κ2) is 9.18. The van der Waals surface area contributed by atoms with E-state index in [2.05, 4.69) is 41.1 Å². The van der Waals surface area contributed by atoms with Crippen LogP contribution in [0, 0.1) is 18.3 Å². The Balaban J connectivity index is 1.39. The second-order valence-corrected chi connectivity index (χ2v) is 9.14. The lowest BCUT2D eigenvalue weighted by molar-refractivity contribution is -0.144. The quantitative estimate of drug-likeness (QED) is 0.666. The number of piperidine rings is 1. The number of nitrogens with two attached hydrogens (primary N) is 1. The van der Waals surface area contributed by atoms with E-state index in [1.807, 2.05) is 17.0 Å². The fourth-order valence-corrected chi connectivity index (χ4v) is 4.59. The molecule has 2 aliphatic rings. The Morgan fingerprint density at radius 2 is 1.90 bits per heavy atom. The van der Waals surface area contributed by atoms with Gasteiger partial charge >= 0.3 is 0 Å². The Morgan fingerprint density at radius 1 is 1.16 bits per heavy atom. The molecule has 1 aliphatic heterocycles. The minimum atomic E-state index is -0.978. The highest BCUT2D eigenvalue weighted by atomic mass is 16.2. The van der Waals surface area contributed by atoms with E-state index >= 15 is 0 Å². The first-order valence-corrected chi connectivity index (χ1v) is 11.2. The van der Waals surface area contributed by atoms with Gasteiger partial charge in [0.15, 0.2) is 0 Å². The molecule has 0 radical (unpaired) electrons. The van der Waals surface area contributed by atoms with Gasteiger partial charge in [-0.05, 0) is 74.4 Å². The van der Waals surface area contributed by atoms with Gasteiger partial charge in [0, 0.05) is 32.0 Å². The largest absolute Gasteiger partial charge is 0.369 e. The number of rotatable bonds is 8. The average molecular weight is 421 g/mol. The molecule has 2 heterocycles. The van der Waals surface area contributed by atoms with E-state index in [1.165, 1.54) is 11.1 Å². The van der Waals surface area contributed by atoms with Crippen molar-refractivity contribution in [2.24, 2.45) is 17.1 Å². The molecule has 0 unspecified atom stereocenters. The molecule has 31 heavy (non-hydrogen) atoms. The molecule has 2 fully saturated rings. The van der Waals surface area contributed by atoms with Crippen molar-refractivity contribution in [3.63, 3.8) is 0 Å². The Bertz CT molecular complexity index is 918. The number of carbonyl (C=O) groups is 2. The number of benzene rings is 1. The molecule has 1 aliphatic carbocycles. The summed E-state index contributed by atoms with van der Waals surface area (Å²) in [4.78, 5) is 33.8. The number of pyridine rings is 1. The number of likely N-dealkylation sites (tertiary alicyclic amines) is 1. The molecule has 164 valence electrons. The number of primary amides is 1. The van der Waals surface area contributed by atoms with E-state index in [1.54, 1.807) is 12.4 Å². The lowest BCUT2D eigenvalue weighted by Crippen LogP contribution is -2.46. The number of amides is 2. The van der Waals surface area contributed by atoms with Crippen molar-refractivity contribution in [3.8, 4) is 0 Å². The van der Waals surface area contributed by atoms with Gasteiger partial charge in [-0.3, -0.25) is 19.5 Å². The number of aryl methyl sites for hydroxylation is 1. The first-order valence-electron chi connectivity index (χ1n) is 11.2. The van der Waals surface area contributed by atoms with Crippen LogP contribution in [0.15, 0.2) is 48.8 Å². The molecule has 1 aromatic carbocycles. The predicted octanol–water partition coefficient (Wildman–Crippen LogP) is 2.90. The smallest absolute Gasteiger partial charge is 0.238 e. The van der Waals surface area contributed by atoms with Crippen molar-refractivity contribution in [1.29, 1.82) is 0 Å². The summed E-state index contributed by atoms with van der Waals surface area (Å²) in [7, 11) is 0. The van der Waals surface area contributed by atoms with Crippen molar-refractivity contribution < 1.29 is 9.59 Å². The lowest BCUT2D eigenvalue weighted by atomic mass is 9.94. The third-order valence-electron chi connectivity index (χ3n) is 6.86. The summed E-state index contributed by atoms with van der Waals surface area (Å²) in [6.45, 7) is 6.33. The van der Waals surface area contributed by atoms with Gasteiger partial charge in [-0.1, -0.05) is 30.3 Å². The number of aromatic nitrogens is 1. The van der Waals surface area contributed by atoms with Gasteiger partial charge in [-0.25, -0.2) is 0 Å². The minimum absolute atomic E-state index is 0.105. The van der Waals surface area contributed by atoms with E-state index in [0.29, 0.717) is 31.8 Å². The summed E-state index contributed by atoms with van der Waals surface area (Å²) >= 11 is 0. The van der Waals surface area contributed by atoms with Gasteiger partial charge in [-0.2, -0.15) is 0 Å². The summed E-state index contributed by atoms with van der Waals surface area (Å²) in [5, 5.41) is 0. The molecule has 1 aromatic heterocycles. The zero-order valence-electron chi connectivity index (χ0n) is 18.3. The zero-order chi connectivity index (χ0) is 21.8. The Hall–Kier alpha value is -2.73. The van der Waals surface area contributed by atoms with E-state index in [0.717, 1.165) is 38.0 Å². The zero-order valence-corrected chi connectivity index (χ0v) is 18.3. The Morgan fingerprint density at radius 3 is 2.52 bits per heavy atom. The molecule has 1 saturated heterocycles. The van der Waals surface area contributed by atoms with Crippen LogP contribution in [0.2, 0.25) is 0 Å². The molecule has 6 heteroatoms. The van der Waals surface area contributed by atoms with Crippen LogP contribution >= 0.6 is 0 Å². The molecular weight excluding hydrogens is 388 g/mol. The second-order valence-electron chi connectivity index (χ2n) is 9.14. The van der Waals surface area contributed by atoms with Gasteiger partial charge in [0.05, 0.1) is 0 Å². The summed E-state index contributed by atoms with van der Waals surface area (Å²) in [6, 6.07) is 12.4. The first-order chi connectivity index (χ1) is 15.0. The molecule has 0 bridgehead atoms. The topological polar surface area (TPSA) is 79.5 Å². The van der Waals surface area contributed by atoms with E-state index in [4.69, 9.17) is 5.73 Å². The van der Waals surface area contributed by atoms with E-state index in [-0.39, 0.29) is 5.91 Å². The molecule has 6 nitrogen and oxygen atoms in total. The fourth-order valence-electron chi connectivity index (χ4n) is 4.59. The lowest BCUT2D eigenvalue weighted by Gasteiger charge is -2.36. The number of hydrogen-bond acceptors (Lipinski definition) is 4. The van der Waals surface area contributed by atoms with Gasteiger partial charge in [0.25, 0.3) is 0 Å². The predicted molar refractivity (Wildman–Crippen MR) is 120 cm³/mol. The Kier molecular flexibility index (Phi) is 6.37. The fraction of sp³-hybridized carbons (Fsp3) is 0.480. The summed E-state index contributed by atoms with van der Waals surface area (Å²) in [5.74, 6) is -0.162. The Labute approximate surface area is 184 Å². The summed E-state index contributed by atoms with van der Waals surface area (Å²) < 4.78 is 0. The van der Waals surface area contributed by atoms with Crippen LogP contribution in [0.1, 0.15) is 42.4 Å². The van der Waals surface area contributed by atoms with Crippen molar-refractivity contribution in [3.05, 3.63) is 65.5 Å². The highest BCUT2D eigenvalue weighted by Crippen LogP contribution is 2.47. The van der Waals surface area contributed by atoms with Crippen molar-refractivity contribution >= 4 is 11.8 Å². The third kappa shape index (κ3) is 4.96. The molecule has 2 N–H and O–H groups in total. The maximum atomic E-state index is 13.3. The monoisotopic (exact) mass is 420 g/mol. The third-order valence-corrected chi connectivity index (χ3v) is 6.86. The molecule has 2 aromatic rings. The van der Waals surface area contributed by atoms with Crippen LogP contribution in [-0.2, 0) is 22.7 Å². The van der Waals surface area contributed by atoms with Crippen LogP contribution in [0.25, 0.3) is 0 Å². The minimum Gasteiger partial charge on any atom is -0.369 e. The number of hydrogen-bond donors (Lipinski definition) is 1. The van der Waals surface area contributed by atoms with Crippen molar-refractivity contribution in [2.45, 2.75) is 45.7 Å². The van der Waals surface area contributed by atoms with Crippen LogP contribution in [-0.4, -0.2) is 46.2 Å². The maximum absolute atomic E-state index is 13.3. The van der Waals surface area contributed by atoms with Gasteiger partial charge in [0.2, 0.25) is 11.8 Å². The first kappa shape index (κ1) is 21.5. The summed E-state index contributed by atoms with van der Waals surface area (Å²) in [6.07, 6.45) is 6.75. The van der Waals surface area contributed by atoms with Gasteiger partial charge in [-0.15, -0.1) is 0 Å². The van der Waals surface area contributed by atoms with Crippen molar-refractivity contribution in [2.75, 3.05) is 19.6 Å². The van der Waals surface area contributed by atoms with Crippen LogP contribution in [0.3, 0.4) is 0 Å². The molecule has 0 atom stereocenters. The molecule has 0 spiro atoms. The highest BCUT2D eigenvalue weighted by molar-refractivity contribution is 6.07. The SMILES string of the molecule is Cc1ccccc1CN1CCC(CN(Cc2cccnc2)C(=O)C2(C(N)=O)CC2)CC1. The van der Waals surface area contributed by atoms with Crippen LogP contribution in [0.4, 0.5) is 0 Å². The van der Waals surface area contributed by atoms with E-state index < -0.39 is 11.3 Å². The normalized spacial score (nSPS) is 18.5. The molecule has 1 saturated carbocycles. The highest BCUT2D eigenvalue weighted by Gasteiger charge is 2.57. The standard InChI is InChI=1S/C25H32N4O2/c1-19-5-2-3-7-22(19)18-28-13-8-20(9-14-28)16-29(17-21-6-4-12-27-15-21)24(31)25(10-11-25)23(26)30/h2-7,12,15,20H,8-11,13-14,16-18H2,1H3,(H2,26,30). The van der Waals surface area contributed by atoms with Crippen LogP contribution < -0.4 is 5.73 Å².